The summed E-state index contributed by atoms with van der Waals surface area (Å²) in [6.45, 7) is 6.55. The summed E-state index contributed by atoms with van der Waals surface area (Å²) in [6, 6.07) is 3.73. The highest BCUT2D eigenvalue weighted by Gasteiger charge is 2.29. The Bertz CT molecular complexity index is 1190. The lowest BCUT2D eigenvalue weighted by molar-refractivity contribution is 0.0515. The second kappa shape index (κ2) is 8.92. The number of anilines is 1. The van der Waals surface area contributed by atoms with Crippen LogP contribution >= 0.6 is 0 Å². The molecular formula is C21H21N3O8. The van der Waals surface area contributed by atoms with E-state index in [0.29, 0.717) is 5.56 Å². The summed E-state index contributed by atoms with van der Waals surface area (Å²) in [5, 5.41) is 30.2. The molecule has 0 aliphatic rings. The topological polar surface area (TPSA) is 165 Å². The monoisotopic (exact) mass is 443 g/mol. The number of ketones is 1. The van der Waals surface area contributed by atoms with Crippen molar-refractivity contribution in [1.29, 1.82) is 0 Å². The van der Waals surface area contributed by atoms with Gasteiger partial charge in [0.1, 0.15) is 17.2 Å². The van der Waals surface area contributed by atoms with Gasteiger partial charge in [-0.3, -0.25) is 9.59 Å². The van der Waals surface area contributed by atoms with Gasteiger partial charge in [0.05, 0.1) is 12.2 Å². The lowest BCUT2D eigenvalue weighted by Crippen LogP contribution is -2.16. The number of phenols is 2. The van der Waals surface area contributed by atoms with E-state index < -0.39 is 17.7 Å². The molecule has 0 aliphatic heterocycles. The number of nitrogens with one attached hydrogen (secondary N) is 1. The number of Topliss-reactive ketones (excluding diaryl/α,β-unsaturated/α-hetero) is 1. The van der Waals surface area contributed by atoms with Crippen molar-refractivity contribution in [2.45, 2.75) is 33.6 Å². The Morgan fingerprint density at radius 3 is 2.41 bits per heavy atom. The van der Waals surface area contributed by atoms with Crippen LogP contribution in [0.4, 0.5) is 5.69 Å². The Morgan fingerprint density at radius 2 is 1.81 bits per heavy atom. The highest BCUT2D eigenvalue weighted by Crippen LogP contribution is 2.42. The summed E-state index contributed by atoms with van der Waals surface area (Å²) >= 11 is 0. The largest absolute Gasteiger partial charge is 0.508 e. The van der Waals surface area contributed by atoms with Crippen molar-refractivity contribution in [3.63, 3.8) is 0 Å². The van der Waals surface area contributed by atoms with Crippen LogP contribution in [0.25, 0.3) is 11.3 Å². The van der Waals surface area contributed by atoms with E-state index in [-0.39, 0.29) is 58.2 Å². The summed E-state index contributed by atoms with van der Waals surface area (Å²) in [6.07, 6.45) is 0. The van der Waals surface area contributed by atoms with Gasteiger partial charge in [0, 0.05) is 19.1 Å². The SMILES string of the molecule is CCOC(=O)c1noc(-c2cc(C(C)C)c(O)cc2O)c1NC(=O)c1cc(C(C)=O)on1. The number of ether oxygens (including phenoxy) is 1. The van der Waals surface area contributed by atoms with Crippen molar-refractivity contribution in [1.82, 2.24) is 10.3 Å². The summed E-state index contributed by atoms with van der Waals surface area (Å²) in [7, 11) is 0. The maximum absolute atomic E-state index is 12.7. The van der Waals surface area contributed by atoms with Crippen LogP contribution in [0.3, 0.4) is 0 Å². The van der Waals surface area contributed by atoms with Gasteiger partial charge in [-0.2, -0.15) is 0 Å². The molecule has 1 amide bonds. The number of hydrogen-bond acceptors (Lipinski definition) is 10. The van der Waals surface area contributed by atoms with E-state index in [1.807, 2.05) is 13.8 Å². The number of hydrogen-bond donors (Lipinski definition) is 3. The Kier molecular flexibility index (Phi) is 6.28. The quantitative estimate of drug-likeness (QED) is 0.363. The van der Waals surface area contributed by atoms with Gasteiger partial charge in [0.2, 0.25) is 11.5 Å². The zero-order valence-corrected chi connectivity index (χ0v) is 17.8. The average Bonchev–Trinajstić information content (AvgIpc) is 3.36. The normalized spacial score (nSPS) is 10.9. The first-order valence-electron chi connectivity index (χ1n) is 9.66. The molecule has 3 aromatic rings. The van der Waals surface area contributed by atoms with Crippen molar-refractivity contribution < 1.29 is 38.4 Å². The molecule has 0 bridgehead atoms. The Hall–Kier alpha value is -4.15. The summed E-state index contributed by atoms with van der Waals surface area (Å²) in [5.74, 6) is -2.99. The van der Waals surface area contributed by atoms with Gasteiger partial charge in [0.25, 0.3) is 5.91 Å². The van der Waals surface area contributed by atoms with Crippen LogP contribution < -0.4 is 5.32 Å². The maximum Gasteiger partial charge on any atom is 0.362 e. The molecule has 1 aromatic carbocycles. The molecule has 168 valence electrons. The third-order valence-electron chi connectivity index (χ3n) is 4.50. The lowest BCUT2D eigenvalue weighted by atomic mass is 9.97. The molecule has 3 rings (SSSR count). The fourth-order valence-electron chi connectivity index (χ4n) is 2.89. The number of amides is 1. The van der Waals surface area contributed by atoms with Gasteiger partial charge < -0.3 is 29.3 Å². The lowest BCUT2D eigenvalue weighted by Gasteiger charge is -2.12. The summed E-state index contributed by atoms with van der Waals surface area (Å²) < 4.78 is 15.1. The van der Waals surface area contributed by atoms with E-state index in [1.165, 1.54) is 13.0 Å². The minimum absolute atomic E-state index is 0.0433. The Morgan fingerprint density at radius 1 is 1.09 bits per heavy atom. The predicted octanol–water partition coefficient (Wildman–Crippen LogP) is 3.50. The molecule has 0 atom stereocenters. The number of carbonyl (C=O) groups excluding carboxylic acids is 3. The molecule has 0 saturated heterocycles. The average molecular weight is 443 g/mol. The molecule has 2 aromatic heterocycles. The minimum atomic E-state index is -0.871. The van der Waals surface area contributed by atoms with Crippen molar-refractivity contribution in [3.05, 3.63) is 40.9 Å². The highest BCUT2D eigenvalue weighted by atomic mass is 16.5. The molecular weight excluding hydrogens is 422 g/mol. The van der Waals surface area contributed by atoms with Gasteiger partial charge in [0.15, 0.2) is 17.2 Å². The number of aromatic hydroxyl groups is 2. The first kappa shape index (κ1) is 22.5. The molecule has 0 spiro atoms. The predicted molar refractivity (Wildman–Crippen MR) is 110 cm³/mol. The van der Waals surface area contributed by atoms with Crippen LogP contribution in [0, 0.1) is 0 Å². The number of esters is 1. The van der Waals surface area contributed by atoms with Gasteiger partial charge in [-0.1, -0.05) is 24.2 Å². The smallest absolute Gasteiger partial charge is 0.362 e. The number of nitrogens with zero attached hydrogens (tertiary/aromatic N) is 2. The molecule has 2 heterocycles. The van der Waals surface area contributed by atoms with E-state index >= 15 is 0 Å². The zero-order valence-electron chi connectivity index (χ0n) is 17.8. The highest BCUT2D eigenvalue weighted by molar-refractivity contribution is 6.09. The molecule has 0 unspecified atom stereocenters. The fraction of sp³-hybridized carbons (Fsp3) is 0.286. The fourth-order valence-corrected chi connectivity index (χ4v) is 2.89. The first-order valence-corrected chi connectivity index (χ1v) is 9.66. The van der Waals surface area contributed by atoms with E-state index in [9.17, 15) is 24.6 Å². The van der Waals surface area contributed by atoms with E-state index in [0.717, 1.165) is 12.1 Å². The molecule has 32 heavy (non-hydrogen) atoms. The van der Waals surface area contributed by atoms with Gasteiger partial charge in [-0.05, 0) is 24.5 Å². The Balaban J connectivity index is 2.10. The van der Waals surface area contributed by atoms with Crippen molar-refractivity contribution in [3.8, 4) is 22.8 Å². The van der Waals surface area contributed by atoms with Gasteiger partial charge in [-0.15, -0.1) is 0 Å². The second-order valence-corrected chi connectivity index (χ2v) is 7.13. The van der Waals surface area contributed by atoms with Crippen molar-refractivity contribution >= 4 is 23.3 Å². The van der Waals surface area contributed by atoms with Crippen LogP contribution in [-0.2, 0) is 4.74 Å². The van der Waals surface area contributed by atoms with E-state index in [4.69, 9.17) is 13.8 Å². The molecule has 3 N–H and O–H groups in total. The van der Waals surface area contributed by atoms with E-state index in [1.54, 1.807) is 6.92 Å². The Labute approximate surface area is 181 Å². The van der Waals surface area contributed by atoms with Crippen molar-refractivity contribution in [2.24, 2.45) is 0 Å². The number of phenolic OH excluding ortho intramolecular Hbond substituents is 2. The van der Waals surface area contributed by atoms with E-state index in [2.05, 4.69) is 15.6 Å². The van der Waals surface area contributed by atoms with Gasteiger partial charge in [-0.25, -0.2) is 4.79 Å². The number of aromatic nitrogens is 2. The first-order chi connectivity index (χ1) is 15.1. The molecule has 0 fully saturated rings. The standard InChI is InChI=1S/C21H21N3O8/c1-5-30-21(29)18-17(22-20(28)13-7-16(10(4)25)31-23-13)19(32-24-18)12-6-11(9(2)3)14(26)8-15(12)27/h6-9,26-27H,5H2,1-4H3,(H,22,28). The summed E-state index contributed by atoms with van der Waals surface area (Å²) in [4.78, 5) is 36.5. The van der Waals surface area contributed by atoms with Gasteiger partial charge >= 0.3 is 5.97 Å². The number of rotatable bonds is 7. The van der Waals surface area contributed by atoms with Crippen molar-refractivity contribution in [2.75, 3.05) is 11.9 Å². The minimum Gasteiger partial charge on any atom is -0.508 e. The summed E-state index contributed by atoms with van der Waals surface area (Å²) in [5.41, 5.74) is -0.184. The molecule has 0 radical (unpaired) electrons. The molecule has 0 saturated carbocycles. The van der Waals surface area contributed by atoms with Crippen LogP contribution in [-0.4, -0.2) is 44.8 Å². The number of carbonyl (C=O) groups is 3. The molecule has 11 heteroatoms. The molecule has 0 aliphatic carbocycles. The van der Waals surface area contributed by atoms with Crippen LogP contribution in [0.15, 0.2) is 27.2 Å². The third kappa shape index (κ3) is 4.31. The number of benzene rings is 1. The van der Waals surface area contributed by atoms with Crippen LogP contribution in [0.5, 0.6) is 11.5 Å². The second-order valence-electron chi connectivity index (χ2n) is 7.13. The molecule has 11 nitrogen and oxygen atoms in total. The third-order valence-corrected chi connectivity index (χ3v) is 4.50. The van der Waals surface area contributed by atoms with Crippen LogP contribution in [0.2, 0.25) is 0 Å². The van der Waals surface area contributed by atoms with Crippen LogP contribution in [0.1, 0.15) is 70.7 Å². The maximum atomic E-state index is 12.7. The zero-order chi connectivity index (χ0) is 23.6.